The summed E-state index contributed by atoms with van der Waals surface area (Å²) in [6, 6.07) is -0.482. The number of aromatic nitrogens is 3. The highest BCUT2D eigenvalue weighted by molar-refractivity contribution is 5.87. The average Bonchev–Trinajstić information content (AvgIpc) is 2.96. The zero-order chi connectivity index (χ0) is 14.3. The monoisotopic (exact) mass is 278 g/mol. The molecule has 1 aliphatic carbocycles. The zero-order valence-electron chi connectivity index (χ0n) is 11.4. The van der Waals surface area contributed by atoms with E-state index in [1.807, 2.05) is 4.90 Å². The molecule has 1 aliphatic heterocycles. The van der Waals surface area contributed by atoms with Crippen LogP contribution in [-0.4, -0.2) is 50.0 Å². The van der Waals surface area contributed by atoms with Gasteiger partial charge in [0.05, 0.1) is 5.69 Å². The maximum Gasteiger partial charge on any atom is 0.358 e. The molecule has 2 fully saturated rings. The summed E-state index contributed by atoms with van der Waals surface area (Å²) in [6.07, 6.45) is 3.95. The Balaban J connectivity index is 1.89. The Morgan fingerprint density at radius 3 is 2.50 bits per heavy atom. The number of carboxylic acid groups (broad SMARTS) is 1. The molecule has 3 rings (SSSR count). The summed E-state index contributed by atoms with van der Waals surface area (Å²) >= 11 is 0. The Bertz CT molecular complexity index is 544. The molecule has 0 bridgehead atoms. The lowest BCUT2D eigenvalue weighted by Crippen LogP contribution is -2.35. The molecule has 1 aromatic rings. The second kappa shape index (κ2) is 4.88. The summed E-state index contributed by atoms with van der Waals surface area (Å²) in [7, 11) is 0. The number of hydrogen-bond acceptors (Lipinski definition) is 4. The van der Waals surface area contributed by atoms with Crippen molar-refractivity contribution in [1.29, 1.82) is 0 Å². The first-order valence-corrected chi connectivity index (χ1v) is 7.06. The lowest BCUT2D eigenvalue weighted by atomic mass is 10.2. The van der Waals surface area contributed by atoms with Crippen molar-refractivity contribution in [3.63, 3.8) is 0 Å². The maximum atomic E-state index is 12.4. The predicted octanol–water partition coefficient (Wildman–Crippen LogP) is 1.04. The summed E-state index contributed by atoms with van der Waals surface area (Å²) in [6.45, 7) is 3.33. The van der Waals surface area contributed by atoms with Gasteiger partial charge in [0.1, 0.15) is 6.04 Å². The standard InChI is InChI=1S/C13H18N4O3/c1-8(12(18)16-6-2-3-7-16)17-11(9-4-5-9)10(13(19)20)14-15-17/h8-9H,2-7H2,1H3,(H,19,20). The average molecular weight is 278 g/mol. The molecule has 1 saturated carbocycles. The van der Waals surface area contributed by atoms with Gasteiger partial charge in [-0.3, -0.25) is 4.79 Å². The molecule has 2 aliphatic rings. The molecule has 7 nitrogen and oxygen atoms in total. The van der Waals surface area contributed by atoms with E-state index in [4.69, 9.17) is 0 Å². The van der Waals surface area contributed by atoms with Gasteiger partial charge in [0.15, 0.2) is 5.69 Å². The van der Waals surface area contributed by atoms with Gasteiger partial charge in [-0.25, -0.2) is 9.48 Å². The van der Waals surface area contributed by atoms with Gasteiger partial charge in [-0.1, -0.05) is 5.21 Å². The van der Waals surface area contributed by atoms with Crippen LogP contribution in [0.25, 0.3) is 0 Å². The van der Waals surface area contributed by atoms with E-state index in [-0.39, 0.29) is 17.5 Å². The van der Waals surface area contributed by atoms with Crippen LogP contribution in [0.3, 0.4) is 0 Å². The first kappa shape index (κ1) is 13.1. The molecule has 1 amide bonds. The largest absolute Gasteiger partial charge is 0.476 e. The van der Waals surface area contributed by atoms with Gasteiger partial charge >= 0.3 is 5.97 Å². The van der Waals surface area contributed by atoms with Gasteiger partial charge in [0.2, 0.25) is 5.91 Å². The first-order chi connectivity index (χ1) is 9.59. The first-order valence-electron chi connectivity index (χ1n) is 7.06. The van der Waals surface area contributed by atoms with Crippen molar-refractivity contribution in [2.75, 3.05) is 13.1 Å². The van der Waals surface area contributed by atoms with Crippen molar-refractivity contribution in [3.8, 4) is 0 Å². The number of carboxylic acids is 1. The van der Waals surface area contributed by atoms with Gasteiger partial charge < -0.3 is 10.0 Å². The number of carbonyl (C=O) groups is 2. The smallest absolute Gasteiger partial charge is 0.358 e. The Morgan fingerprint density at radius 2 is 1.95 bits per heavy atom. The molecule has 1 saturated heterocycles. The maximum absolute atomic E-state index is 12.4. The molecular weight excluding hydrogens is 260 g/mol. The minimum atomic E-state index is -1.07. The second-order valence-electron chi connectivity index (χ2n) is 5.56. The number of nitrogens with zero attached hydrogens (tertiary/aromatic N) is 4. The molecule has 0 aromatic carbocycles. The fourth-order valence-electron chi connectivity index (χ4n) is 2.78. The fourth-order valence-corrected chi connectivity index (χ4v) is 2.78. The van der Waals surface area contributed by atoms with Crippen molar-refractivity contribution in [1.82, 2.24) is 19.9 Å². The van der Waals surface area contributed by atoms with Crippen LogP contribution in [0.5, 0.6) is 0 Å². The molecular formula is C13H18N4O3. The number of amides is 1. The highest BCUT2D eigenvalue weighted by atomic mass is 16.4. The van der Waals surface area contributed by atoms with Gasteiger partial charge in [0, 0.05) is 19.0 Å². The number of hydrogen-bond donors (Lipinski definition) is 1. The summed E-state index contributed by atoms with van der Waals surface area (Å²) in [4.78, 5) is 25.4. The summed E-state index contributed by atoms with van der Waals surface area (Å²) < 4.78 is 1.52. The topological polar surface area (TPSA) is 88.3 Å². The predicted molar refractivity (Wildman–Crippen MR) is 69.5 cm³/mol. The van der Waals surface area contributed by atoms with Crippen LogP contribution < -0.4 is 0 Å². The van der Waals surface area contributed by atoms with E-state index in [0.29, 0.717) is 5.69 Å². The molecule has 2 heterocycles. The Hall–Kier alpha value is -1.92. The SMILES string of the molecule is CC(C(=O)N1CCCC1)n1nnc(C(=O)O)c1C1CC1. The zero-order valence-corrected chi connectivity index (χ0v) is 11.4. The van der Waals surface area contributed by atoms with Crippen molar-refractivity contribution in [2.24, 2.45) is 0 Å². The Morgan fingerprint density at radius 1 is 1.30 bits per heavy atom. The molecule has 1 aromatic heterocycles. The van der Waals surface area contributed by atoms with E-state index in [9.17, 15) is 14.7 Å². The third kappa shape index (κ3) is 2.17. The highest BCUT2D eigenvalue weighted by Crippen LogP contribution is 2.42. The minimum absolute atomic E-state index is 0.00578. The Labute approximate surface area is 116 Å². The molecule has 1 unspecified atom stereocenters. The number of aromatic carboxylic acids is 1. The van der Waals surface area contributed by atoms with E-state index < -0.39 is 12.0 Å². The van der Waals surface area contributed by atoms with Crippen LogP contribution in [0, 0.1) is 0 Å². The number of rotatable bonds is 4. The van der Waals surface area contributed by atoms with E-state index >= 15 is 0 Å². The van der Waals surface area contributed by atoms with Crippen LogP contribution in [0.15, 0.2) is 0 Å². The van der Waals surface area contributed by atoms with E-state index in [0.717, 1.165) is 38.8 Å². The number of likely N-dealkylation sites (tertiary alicyclic amines) is 1. The van der Waals surface area contributed by atoms with Crippen LogP contribution in [-0.2, 0) is 4.79 Å². The van der Waals surface area contributed by atoms with E-state index in [1.54, 1.807) is 6.92 Å². The van der Waals surface area contributed by atoms with Crippen LogP contribution in [0.1, 0.15) is 60.7 Å². The van der Waals surface area contributed by atoms with Crippen LogP contribution >= 0.6 is 0 Å². The summed E-state index contributed by atoms with van der Waals surface area (Å²) in [5.41, 5.74) is 0.603. The summed E-state index contributed by atoms with van der Waals surface area (Å²) in [5, 5.41) is 16.9. The fraction of sp³-hybridized carbons (Fsp3) is 0.692. The second-order valence-corrected chi connectivity index (χ2v) is 5.56. The normalized spacial score (nSPS) is 20.1. The quantitative estimate of drug-likeness (QED) is 0.889. The van der Waals surface area contributed by atoms with Crippen molar-refractivity contribution >= 4 is 11.9 Å². The van der Waals surface area contributed by atoms with E-state index in [1.165, 1.54) is 4.68 Å². The van der Waals surface area contributed by atoms with Crippen molar-refractivity contribution in [3.05, 3.63) is 11.4 Å². The lowest BCUT2D eigenvalue weighted by Gasteiger charge is -2.21. The molecule has 1 N–H and O–H groups in total. The Kier molecular flexibility index (Phi) is 3.19. The van der Waals surface area contributed by atoms with Crippen molar-refractivity contribution in [2.45, 2.75) is 44.6 Å². The number of carbonyl (C=O) groups excluding carboxylic acids is 1. The molecule has 1 atom stereocenters. The molecule has 0 radical (unpaired) electrons. The van der Waals surface area contributed by atoms with Gasteiger partial charge in [-0.05, 0) is 32.6 Å². The minimum Gasteiger partial charge on any atom is -0.476 e. The molecule has 20 heavy (non-hydrogen) atoms. The molecule has 108 valence electrons. The molecule has 0 spiro atoms. The van der Waals surface area contributed by atoms with Crippen molar-refractivity contribution < 1.29 is 14.7 Å². The van der Waals surface area contributed by atoms with Gasteiger partial charge in [-0.15, -0.1) is 5.10 Å². The summed E-state index contributed by atoms with van der Waals surface area (Å²) in [5.74, 6) is -0.880. The third-order valence-electron chi connectivity index (χ3n) is 4.04. The highest BCUT2D eigenvalue weighted by Gasteiger charge is 2.37. The molecule has 7 heteroatoms. The third-order valence-corrected chi connectivity index (χ3v) is 4.04. The van der Waals surface area contributed by atoms with Gasteiger partial charge in [-0.2, -0.15) is 0 Å². The van der Waals surface area contributed by atoms with Crippen LogP contribution in [0.2, 0.25) is 0 Å². The lowest BCUT2D eigenvalue weighted by molar-refractivity contribution is -0.133. The van der Waals surface area contributed by atoms with Gasteiger partial charge in [0.25, 0.3) is 0 Å². The van der Waals surface area contributed by atoms with Crippen LogP contribution in [0.4, 0.5) is 0 Å². The van der Waals surface area contributed by atoms with E-state index in [2.05, 4.69) is 10.3 Å².